The molecule has 0 aliphatic carbocycles. The molecule has 0 saturated carbocycles. The zero-order chi connectivity index (χ0) is 9.61. The molecular formula is C10H23NS. The fraction of sp³-hybridized carbons (Fsp3) is 1.00. The van der Waals surface area contributed by atoms with Crippen LogP contribution in [0.5, 0.6) is 0 Å². The molecule has 1 atom stereocenters. The first kappa shape index (κ1) is 12.3. The van der Waals surface area contributed by atoms with E-state index < -0.39 is 0 Å². The third kappa shape index (κ3) is 5.90. The second-order valence-corrected chi connectivity index (χ2v) is 5.45. The molecule has 1 N–H and O–H groups in total. The summed E-state index contributed by atoms with van der Waals surface area (Å²) in [6.07, 6.45) is 2.15. The molecule has 0 aromatic rings. The molecule has 74 valence electrons. The van der Waals surface area contributed by atoms with Crippen molar-refractivity contribution in [3.8, 4) is 0 Å². The molecule has 0 aliphatic rings. The lowest BCUT2D eigenvalue weighted by atomic mass is 9.82. The first-order chi connectivity index (χ1) is 5.48. The maximum Gasteiger partial charge on any atom is 0.00553 e. The summed E-state index contributed by atoms with van der Waals surface area (Å²) in [5.41, 5.74) is 0.437. The normalized spacial score (nSPS) is 14.8. The topological polar surface area (TPSA) is 12.0 Å². The van der Waals surface area contributed by atoms with Crippen LogP contribution in [-0.2, 0) is 0 Å². The number of hydrogen-bond acceptors (Lipinski definition) is 2. The second-order valence-electron chi connectivity index (χ2n) is 4.46. The lowest BCUT2D eigenvalue weighted by Crippen LogP contribution is -2.30. The van der Waals surface area contributed by atoms with Gasteiger partial charge in [0.2, 0.25) is 0 Å². The van der Waals surface area contributed by atoms with Crippen LogP contribution in [0.25, 0.3) is 0 Å². The third-order valence-corrected chi connectivity index (χ3v) is 3.02. The predicted molar refractivity (Wildman–Crippen MR) is 59.9 cm³/mol. The van der Waals surface area contributed by atoms with Gasteiger partial charge in [-0.2, -0.15) is 11.8 Å². The van der Waals surface area contributed by atoms with E-state index in [2.05, 4.69) is 39.3 Å². The van der Waals surface area contributed by atoms with Gasteiger partial charge < -0.3 is 5.32 Å². The van der Waals surface area contributed by atoms with Crippen LogP contribution >= 0.6 is 11.8 Å². The molecule has 0 aromatic heterocycles. The van der Waals surface area contributed by atoms with Crippen molar-refractivity contribution in [2.24, 2.45) is 11.3 Å². The van der Waals surface area contributed by atoms with E-state index in [9.17, 15) is 0 Å². The molecule has 2 heteroatoms. The molecule has 1 nitrogen and oxygen atoms in total. The van der Waals surface area contributed by atoms with E-state index in [0.717, 1.165) is 19.0 Å². The lowest BCUT2D eigenvalue weighted by molar-refractivity contribution is 0.254. The highest BCUT2D eigenvalue weighted by molar-refractivity contribution is 7.98. The molecule has 0 rings (SSSR count). The zero-order valence-corrected chi connectivity index (χ0v) is 9.92. The molecule has 12 heavy (non-hydrogen) atoms. The lowest BCUT2D eigenvalue weighted by Gasteiger charge is -2.27. The highest BCUT2D eigenvalue weighted by Crippen LogP contribution is 2.24. The Morgan fingerprint density at radius 1 is 1.33 bits per heavy atom. The Morgan fingerprint density at radius 3 is 2.33 bits per heavy atom. The molecule has 0 heterocycles. The van der Waals surface area contributed by atoms with E-state index in [0.29, 0.717) is 5.41 Å². The molecule has 1 unspecified atom stereocenters. The van der Waals surface area contributed by atoms with Gasteiger partial charge in [0.1, 0.15) is 0 Å². The minimum absolute atomic E-state index is 0.437. The Bertz CT molecular complexity index is 107. The van der Waals surface area contributed by atoms with Crippen molar-refractivity contribution in [3.63, 3.8) is 0 Å². The average molecular weight is 189 g/mol. The van der Waals surface area contributed by atoms with Crippen molar-refractivity contribution in [2.75, 3.05) is 25.1 Å². The summed E-state index contributed by atoms with van der Waals surface area (Å²) in [6.45, 7) is 11.5. The Hall–Kier alpha value is 0.310. The van der Waals surface area contributed by atoms with Crippen LogP contribution in [0.3, 0.4) is 0 Å². The van der Waals surface area contributed by atoms with Crippen molar-refractivity contribution >= 4 is 11.8 Å². The molecule has 0 aliphatic heterocycles. The molecular weight excluding hydrogens is 166 g/mol. The quantitative estimate of drug-likeness (QED) is 0.667. The maximum atomic E-state index is 3.47. The van der Waals surface area contributed by atoms with Crippen LogP contribution in [-0.4, -0.2) is 25.1 Å². The Balaban J connectivity index is 3.38. The Kier molecular flexibility index (Phi) is 6.02. The van der Waals surface area contributed by atoms with Gasteiger partial charge in [0.25, 0.3) is 0 Å². The molecule has 0 spiro atoms. The highest BCUT2D eigenvalue weighted by atomic mass is 32.2. The van der Waals surface area contributed by atoms with E-state index >= 15 is 0 Å². The van der Waals surface area contributed by atoms with Crippen molar-refractivity contribution < 1.29 is 0 Å². The van der Waals surface area contributed by atoms with Crippen LogP contribution < -0.4 is 5.32 Å². The van der Waals surface area contributed by atoms with Crippen molar-refractivity contribution in [1.29, 1.82) is 0 Å². The molecule has 0 radical (unpaired) electrons. The Morgan fingerprint density at radius 2 is 1.92 bits per heavy atom. The largest absolute Gasteiger partial charge is 0.316 e. The molecule has 0 amide bonds. The summed E-state index contributed by atoms with van der Waals surface area (Å²) < 4.78 is 0. The van der Waals surface area contributed by atoms with E-state index in [1.165, 1.54) is 5.75 Å². The van der Waals surface area contributed by atoms with Crippen LogP contribution in [0.2, 0.25) is 0 Å². The summed E-state index contributed by atoms with van der Waals surface area (Å²) in [4.78, 5) is 0. The van der Waals surface area contributed by atoms with Crippen LogP contribution in [0.1, 0.15) is 27.7 Å². The summed E-state index contributed by atoms with van der Waals surface area (Å²) >= 11 is 1.90. The van der Waals surface area contributed by atoms with E-state index in [4.69, 9.17) is 0 Å². The van der Waals surface area contributed by atoms with Gasteiger partial charge in [-0.1, -0.05) is 27.7 Å². The van der Waals surface area contributed by atoms with E-state index in [1.54, 1.807) is 0 Å². The number of thioether (sulfide) groups is 1. The summed E-state index contributed by atoms with van der Waals surface area (Å²) in [7, 11) is 0. The average Bonchev–Trinajstić information content (AvgIpc) is 1.96. The van der Waals surface area contributed by atoms with Crippen LogP contribution in [0.15, 0.2) is 0 Å². The van der Waals surface area contributed by atoms with Crippen LogP contribution in [0, 0.1) is 11.3 Å². The SMILES string of the molecule is CSCCNCC(C)C(C)(C)C. The zero-order valence-electron chi connectivity index (χ0n) is 9.11. The van der Waals surface area contributed by atoms with Gasteiger partial charge in [-0.05, 0) is 24.1 Å². The van der Waals surface area contributed by atoms with Gasteiger partial charge in [-0.25, -0.2) is 0 Å². The Labute approximate surface area is 81.7 Å². The monoisotopic (exact) mass is 189 g/mol. The molecule has 0 aromatic carbocycles. The minimum Gasteiger partial charge on any atom is -0.316 e. The van der Waals surface area contributed by atoms with E-state index in [-0.39, 0.29) is 0 Å². The number of rotatable bonds is 5. The van der Waals surface area contributed by atoms with E-state index in [1.807, 2.05) is 11.8 Å². The number of hydrogen-bond donors (Lipinski definition) is 1. The van der Waals surface area contributed by atoms with Gasteiger partial charge >= 0.3 is 0 Å². The first-order valence-electron chi connectivity index (χ1n) is 4.68. The van der Waals surface area contributed by atoms with Gasteiger partial charge in [0.15, 0.2) is 0 Å². The highest BCUT2D eigenvalue weighted by Gasteiger charge is 2.18. The number of nitrogens with one attached hydrogen (secondary N) is 1. The predicted octanol–water partition coefficient (Wildman–Crippen LogP) is 2.62. The van der Waals surface area contributed by atoms with Crippen LogP contribution in [0.4, 0.5) is 0 Å². The maximum absolute atomic E-state index is 3.47. The fourth-order valence-electron chi connectivity index (χ4n) is 0.799. The fourth-order valence-corrected chi connectivity index (χ4v) is 1.15. The van der Waals surface area contributed by atoms with Gasteiger partial charge in [0, 0.05) is 12.3 Å². The van der Waals surface area contributed by atoms with Gasteiger partial charge in [-0.3, -0.25) is 0 Å². The minimum atomic E-state index is 0.437. The van der Waals surface area contributed by atoms with Crippen molar-refractivity contribution in [3.05, 3.63) is 0 Å². The molecule has 0 bridgehead atoms. The summed E-state index contributed by atoms with van der Waals surface area (Å²) in [6, 6.07) is 0. The van der Waals surface area contributed by atoms with Crippen molar-refractivity contribution in [1.82, 2.24) is 5.32 Å². The van der Waals surface area contributed by atoms with Gasteiger partial charge in [0.05, 0.1) is 0 Å². The third-order valence-electron chi connectivity index (χ3n) is 2.41. The van der Waals surface area contributed by atoms with Gasteiger partial charge in [-0.15, -0.1) is 0 Å². The van der Waals surface area contributed by atoms with Crippen molar-refractivity contribution in [2.45, 2.75) is 27.7 Å². The standard InChI is InChI=1S/C10H23NS/c1-9(10(2,3)4)8-11-6-7-12-5/h9,11H,6-8H2,1-5H3. The molecule has 0 fully saturated rings. The molecule has 0 saturated heterocycles. The smallest absolute Gasteiger partial charge is 0.00553 e. The summed E-state index contributed by atoms with van der Waals surface area (Å²) in [5, 5.41) is 3.47. The summed E-state index contributed by atoms with van der Waals surface area (Å²) in [5.74, 6) is 1.97. The second kappa shape index (κ2) is 5.87. The first-order valence-corrected chi connectivity index (χ1v) is 6.07.